The molecule has 76 valence electrons. The summed E-state index contributed by atoms with van der Waals surface area (Å²) in [7, 11) is 0. The Bertz CT molecular complexity index is 183. The van der Waals surface area contributed by atoms with Gasteiger partial charge in [0.2, 0.25) is 5.91 Å². The molecule has 1 aliphatic carbocycles. The summed E-state index contributed by atoms with van der Waals surface area (Å²) in [6.45, 7) is 1.74. The lowest BCUT2D eigenvalue weighted by atomic mass is 9.80. The van der Waals surface area contributed by atoms with Crippen molar-refractivity contribution in [1.29, 1.82) is 0 Å². The summed E-state index contributed by atoms with van der Waals surface area (Å²) in [5, 5.41) is 0. The molecule has 1 atom stereocenters. The smallest absolute Gasteiger partial charge is 0.237 e. The molecule has 0 aromatic carbocycles. The van der Waals surface area contributed by atoms with Crippen molar-refractivity contribution in [2.24, 2.45) is 17.4 Å². The number of hydrogen-bond donors (Lipinski definition) is 2. The van der Waals surface area contributed by atoms with Crippen molar-refractivity contribution >= 4 is 5.91 Å². The molecule has 0 saturated heterocycles. The van der Waals surface area contributed by atoms with E-state index in [1.54, 1.807) is 6.92 Å². The maximum atomic E-state index is 11.0. The van der Waals surface area contributed by atoms with Crippen LogP contribution >= 0.6 is 0 Å². The molecule has 13 heavy (non-hydrogen) atoms. The third-order valence-electron chi connectivity index (χ3n) is 3.00. The average molecular weight is 184 g/mol. The van der Waals surface area contributed by atoms with Crippen LogP contribution in [0.3, 0.4) is 0 Å². The van der Waals surface area contributed by atoms with E-state index in [0.29, 0.717) is 5.92 Å². The highest BCUT2D eigenvalue weighted by molar-refractivity contribution is 5.83. The Labute approximate surface area is 79.9 Å². The maximum absolute atomic E-state index is 11.0. The van der Waals surface area contributed by atoms with Crippen LogP contribution in [-0.2, 0) is 4.79 Å². The molecule has 0 spiro atoms. The molecule has 1 aliphatic rings. The van der Waals surface area contributed by atoms with Gasteiger partial charge in [0.05, 0.1) is 5.54 Å². The molecule has 0 bridgehead atoms. The van der Waals surface area contributed by atoms with E-state index in [4.69, 9.17) is 11.5 Å². The van der Waals surface area contributed by atoms with Gasteiger partial charge < -0.3 is 11.5 Å². The van der Waals surface area contributed by atoms with Gasteiger partial charge in [-0.2, -0.15) is 0 Å². The first-order chi connectivity index (χ1) is 6.02. The predicted octanol–water partition coefficient (Wildman–Crippen LogP) is 1.16. The largest absolute Gasteiger partial charge is 0.368 e. The fourth-order valence-electron chi connectivity index (χ4n) is 2.09. The number of nitrogens with two attached hydrogens (primary N) is 2. The second-order valence-electron chi connectivity index (χ2n) is 4.49. The molecular formula is C10H20N2O. The van der Waals surface area contributed by atoms with Gasteiger partial charge in [-0.05, 0) is 19.3 Å². The van der Waals surface area contributed by atoms with Crippen LogP contribution in [0, 0.1) is 5.92 Å². The van der Waals surface area contributed by atoms with E-state index in [0.717, 1.165) is 6.42 Å². The zero-order valence-corrected chi connectivity index (χ0v) is 8.38. The average Bonchev–Trinajstić information content (AvgIpc) is 2.05. The second-order valence-corrected chi connectivity index (χ2v) is 4.49. The summed E-state index contributed by atoms with van der Waals surface area (Å²) in [4.78, 5) is 11.0. The van der Waals surface area contributed by atoms with Crippen molar-refractivity contribution in [3.63, 3.8) is 0 Å². The van der Waals surface area contributed by atoms with Crippen LogP contribution in [0.15, 0.2) is 0 Å². The summed E-state index contributed by atoms with van der Waals surface area (Å²) >= 11 is 0. The van der Waals surface area contributed by atoms with Crippen molar-refractivity contribution in [3.05, 3.63) is 0 Å². The van der Waals surface area contributed by atoms with Crippen molar-refractivity contribution in [2.45, 2.75) is 51.0 Å². The topological polar surface area (TPSA) is 69.1 Å². The van der Waals surface area contributed by atoms with Crippen LogP contribution < -0.4 is 11.5 Å². The van der Waals surface area contributed by atoms with Crippen molar-refractivity contribution in [3.8, 4) is 0 Å². The fourth-order valence-corrected chi connectivity index (χ4v) is 2.09. The first-order valence-electron chi connectivity index (χ1n) is 5.11. The van der Waals surface area contributed by atoms with E-state index in [-0.39, 0.29) is 5.91 Å². The summed E-state index contributed by atoms with van der Waals surface area (Å²) in [6, 6.07) is 0. The van der Waals surface area contributed by atoms with E-state index < -0.39 is 5.54 Å². The van der Waals surface area contributed by atoms with Gasteiger partial charge in [-0.15, -0.1) is 0 Å². The van der Waals surface area contributed by atoms with Crippen molar-refractivity contribution in [2.75, 3.05) is 0 Å². The van der Waals surface area contributed by atoms with Crippen LogP contribution in [0.25, 0.3) is 0 Å². The molecule has 1 fully saturated rings. The van der Waals surface area contributed by atoms with Gasteiger partial charge in [0.25, 0.3) is 0 Å². The van der Waals surface area contributed by atoms with Gasteiger partial charge >= 0.3 is 0 Å². The quantitative estimate of drug-likeness (QED) is 0.691. The molecular weight excluding hydrogens is 164 g/mol. The molecule has 1 amide bonds. The number of carbonyl (C=O) groups is 1. The number of amides is 1. The zero-order valence-electron chi connectivity index (χ0n) is 8.38. The van der Waals surface area contributed by atoms with Crippen LogP contribution in [0.4, 0.5) is 0 Å². The molecule has 0 radical (unpaired) electrons. The predicted molar refractivity (Wildman–Crippen MR) is 53.0 cm³/mol. The number of carbonyl (C=O) groups excluding carboxylic acids is 1. The summed E-state index contributed by atoms with van der Waals surface area (Å²) < 4.78 is 0. The lowest BCUT2D eigenvalue weighted by Gasteiger charge is -2.29. The highest BCUT2D eigenvalue weighted by Crippen LogP contribution is 2.29. The molecule has 0 aromatic rings. The van der Waals surface area contributed by atoms with Gasteiger partial charge in [0.15, 0.2) is 0 Å². The SMILES string of the molecule is C[C@](N)(CC1CCCCC1)C(N)=O. The molecule has 3 heteroatoms. The van der Waals surface area contributed by atoms with E-state index in [1.807, 2.05) is 0 Å². The molecule has 1 saturated carbocycles. The number of rotatable bonds is 3. The molecule has 1 rings (SSSR count). The van der Waals surface area contributed by atoms with Crippen molar-refractivity contribution < 1.29 is 4.79 Å². The number of hydrogen-bond acceptors (Lipinski definition) is 2. The highest BCUT2D eigenvalue weighted by Gasteiger charge is 2.29. The van der Waals surface area contributed by atoms with E-state index in [2.05, 4.69) is 0 Å². The minimum atomic E-state index is -0.804. The normalized spacial score (nSPS) is 23.8. The Morgan fingerprint density at radius 1 is 1.38 bits per heavy atom. The minimum Gasteiger partial charge on any atom is -0.368 e. The van der Waals surface area contributed by atoms with Crippen LogP contribution in [0.5, 0.6) is 0 Å². The third kappa shape index (κ3) is 2.99. The summed E-state index contributed by atoms with van der Waals surface area (Å²) in [5.74, 6) is 0.231. The lowest BCUT2D eigenvalue weighted by molar-refractivity contribution is -0.123. The third-order valence-corrected chi connectivity index (χ3v) is 3.00. The van der Waals surface area contributed by atoms with Gasteiger partial charge in [0, 0.05) is 0 Å². The Kier molecular flexibility index (Phi) is 3.31. The van der Waals surface area contributed by atoms with Gasteiger partial charge in [-0.1, -0.05) is 32.1 Å². The van der Waals surface area contributed by atoms with Crippen LogP contribution in [0.1, 0.15) is 45.4 Å². The van der Waals surface area contributed by atoms with Gasteiger partial charge in [0.1, 0.15) is 0 Å². The van der Waals surface area contributed by atoms with E-state index in [9.17, 15) is 4.79 Å². The Morgan fingerprint density at radius 2 is 1.92 bits per heavy atom. The zero-order chi connectivity index (χ0) is 9.90. The molecule has 4 N–H and O–H groups in total. The first-order valence-corrected chi connectivity index (χ1v) is 5.11. The lowest BCUT2D eigenvalue weighted by Crippen LogP contribution is -2.50. The highest BCUT2D eigenvalue weighted by atomic mass is 16.1. The molecule has 0 aliphatic heterocycles. The fraction of sp³-hybridized carbons (Fsp3) is 0.900. The van der Waals surface area contributed by atoms with Gasteiger partial charge in [-0.3, -0.25) is 4.79 Å². The van der Waals surface area contributed by atoms with E-state index in [1.165, 1.54) is 32.1 Å². The molecule has 0 aromatic heterocycles. The minimum absolute atomic E-state index is 0.377. The standard InChI is InChI=1S/C10H20N2O/c1-10(12,9(11)13)7-8-5-3-2-4-6-8/h8H,2-7,12H2,1H3,(H2,11,13)/t10-/m0/s1. The number of primary amides is 1. The maximum Gasteiger partial charge on any atom is 0.237 e. The Balaban J connectivity index is 2.41. The summed E-state index contributed by atoms with van der Waals surface area (Å²) in [6.07, 6.45) is 7.05. The molecule has 3 nitrogen and oxygen atoms in total. The summed E-state index contributed by atoms with van der Waals surface area (Å²) in [5.41, 5.74) is 10.2. The first kappa shape index (κ1) is 10.5. The van der Waals surface area contributed by atoms with E-state index >= 15 is 0 Å². The molecule has 0 heterocycles. The van der Waals surface area contributed by atoms with Crippen molar-refractivity contribution in [1.82, 2.24) is 0 Å². The Morgan fingerprint density at radius 3 is 2.38 bits per heavy atom. The molecule has 0 unspecified atom stereocenters. The van der Waals surface area contributed by atoms with Gasteiger partial charge in [-0.25, -0.2) is 0 Å². The second kappa shape index (κ2) is 4.09. The van der Waals surface area contributed by atoms with Crippen LogP contribution in [0.2, 0.25) is 0 Å². The van der Waals surface area contributed by atoms with Crippen LogP contribution in [-0.4, -0.2) is 11.4 Å². The monoisotopic (exact) mass is 184 g/mol. The Hall–Kier alpha value is -0.570.